The number of nitrogens with zero attached hydrogens (tertiary/aromatic N) is 1. The maximum absolute atomic E-state index is 13.1. The first-order chi connectivity index (χ1) is 13.9. The van der Waals surface area contributed by atoms with Crippen LogP contribution in [0.1, 0.15) is 53.2 Å². The van der Waals surface area contributed by atoms with Gasteiger partial charge in [0, 0.05) is 11.3 Å². The van der Waals surface area contributed by atoms with Crippen molar-refractivity contribution in [1.82, 2.24) is 4.90 Å². The molecule has 2 aromatic carbocycles. The number of carbonyl (C=O) groups is 2. The van der Waals surface area contributed by atoms with Gasteiger partial charge in [-0.05, 0) is 34.7 Å². The molecule has 0 radical (unpaired) electrons. The minimum absolute atomic E-state index is 0.0709. The number of amides is 1. The van der Waals surface area contributed by atoms with Crippen molar-refractivity contribution in [3.8, 4) is 0 Å². The Labute approximate surface area is 177 Å². The van der Waals surface area contributed by atoms with Crippen LogP contribution in [-0.2, 0) is 16.4 Å². The van der Waals surface area contributed by atoms with Gasteiger partial charge in [-0.2, -0.15) is 13.2 Å². The number of rotatable bonds is 3. The summed E-state index contributed by atoms with van der Waals surface area (Å²) in [4.78, 5) is 26.1. The maximum Gasteiger partial charge on any atom is 0.416 e. The SMILES string of the molecule is CC(C)(C)c1ccc(C2SCC(C(=O)O)N2C(=O)c2cccc(C(F)(F)F)c2)cc1. The normalized spacial score (nSPS) is 19.7. The molecule has 1 amide bonds. The minimum atomic E-state index is -4.59. The van der Waals surface area contributed by atoms with Gasteiger partial charge in [0.15, 0.2) is 0 Å². The van der Waals surface area contributed by atoms with Gasteiger partial charge >= 0.3 is 12.1 Å². The van der Waals surface area contributed by atoms with Gasteiger partial charge in [-0.3, -0.25) is 4.79 Å². The molecule has 1 saturated heterocycles. The van der Waals surface area contributed by atoms with Crippen molar-refractivity contribution in [3.63, 3.8) is 0 Å². The summed E-state index contributed by atoms with van der Waals surface area (Å²) in [5, 5.41) is 9.00. The fourth-order valence-electron chi connectivity index (χ4n) is 3.33. The van der Waals surface area contributed by atoms with Crippen molar-refractivity contribution in [3.05, 3.63) is 70.8 Å². The molecular weight excluding hydrogens is 415 g/mol. The number of alkyl halides is 3. The molecule has 2 unspecified atom stereocenters. The zero-order valence-electron chi connectivity index (χ0n) is 16.7. The highest BCUT2D eigenvalue weighted by molar-refractivity contribution is 7.99. The Hall–Kier alpha value is -2.48. The predicted molar refractivity (Wildman–Crippen MR) is 109 cm³/mol. The average molecular weight is 437 g/mol. The molecule has 4 nitrogen and oxygen atoms in total. The molecule has 2 atom stereocenters. The standard InChI is InChI=1S/C22H22F3NO3S/c1-21(2,3)15-9-7-13(8-10-15)19-26(17(12-30-19)20(28)29)18(27)14-5-4-6-16(11-14)22(23,24)25/h4-11,17,19H,12H2,1-3H3,(H,28,29). The minimum Gasteiger partial charge on any atom is -0.480 e. The van der Waals surface area contributed by atoms with Gasteiger partial charge in [0.1, 0.15) is 11.4 Å². The van der Waals surface area contributed by atoms with E-state index in [9.17, 15) is 27.9 Å². The van der Waals surface area contributed by atoms with E-state index in [0.29, 0.717) is 0 Å². The van der Waals surface area contributed by atoms with Crippen molar-refractivity contribution >= 4 is 23.6 Å². The number of benzene rings is 2. The van der Waals surface area contributed by atoms with Crippen LogP contribution < -0.4 is 0 Å². The van der Waals surface area contributed by atoms with E-state index < -0.39 is 35.0 Å². The summed E-state index contributed by atoms with van der Waals surface area (Å²) in [5.74, 6) is -1.76. The van der Waals surface area contributed by atoms with E-state index in [1.807, 2.05) is 24.3 Å². The van der Waals surface area contributed by atoms with Crippen LogP contribution in [0.2, 0.25) is 0 Å². The molecule has 0 spiro atoms. The number of carbonyl (C=O) groups excluding carboxylic acids is 1. The first-order valence-corrected chi connectivity index (χ1v) is 10.4. The van der Waals surface area contributed by atoms with Gasteiger partial charge in [-0.25, -0.2) is 4.79 Å². The zero-order chi connectivity index (χ0) is 22.3. The Morgan fingerprint density at radius 2 is 1.67 bits per heavy atom. The van der Waals surface area contributed by atoms with Crippen LogP contribution in [0.5, 0.6) is 0 Å². The van der Waals surface area contributed by atoms with E-state index in [4.69, 9.17) is 0 Å². The summed E-state index contributed by atoms with van der Waals surface area (Å²) < 4.78 is 39.2. The van der Waals surface area contributed by atoms with Crippen molar-refractivity contribution in [2.75, 3.05) is 5.75 Å². The Bertz CT molecular complexity index is 951. The molecular formula is C22H22F3NO3S. The third-order valence-corrected chi connectivity index (χ3v) is 6.34. The molecule has 30 heavy (non-hydrogen) atoms. The molecule has 2 aromatic rings. The van der Waals surface area contributed by atoms with Crippen molar-refractivity contribution < 1.29 is 27.9 Å². The first kappa shape index (κ1) is 22.2. The van der Waals surface area contributed by atoms with Crippen LogP contribution in [0.4, 0.5) is 13.2 Å². The van der Waals surface area contributed by atoms with Crippen molar-refractivity contribution in [2.45, 2.75) is 43.8 Å². The number of thioether (sulfide) groups is 1. The number of hydrogen-bond donors (Lipinski definition) is 1. The highest BCUT2D eigenvalue weighted by Crippen LogP contribution is 2.43. The number of halogens is 3. The molecule has 8 heteroatoms. The number of hydrogen-bond acceptors (Lipinski definition) is 3. The van der Waals surface area contributed by atoms with Gasteiger partial charge in [0.2, 0.25) is 0 Å². The number of carboxylic acids is 1. The maximum atomic E-state index is 13.1. The second-order valence-electron chi connectivity index (χ2n) is 8.20. The van der Waals surface area contributed by atoms with E-state index in [-0.39, 0.29) is 16.7 Å². The summed E-state index contributed by atoms with van der Waals surface area (Å²) >= 11 is 1.29. The van der Waals surface area contributed by atoms with Crippen LogP contribution >= 0.6 is 11.8 Å². The average Bonchev–Trinajstić information content (AvgIpc) is 3.11. The zero-order valence-corrected chi connectivity index (χ0v) is 17.6. The predicted octanol–water partition coefficient (Wildman–Crippen LogP) is 5.34. The molecule has 160 valence electrons. The third kappa shape index (κ3) is 4.48. The molecule has 1 aliphatic rings. The second kappa shape index (κ2) is 7.98. The Morgan fingerprint density at radius 1 is 1.03 bits per heavy atom. The van der Waals surface area contributed by atoms with Crippen LogP contribution in [0.15, 0.2) is 48.5 Å². The smallest absolute Gasteiger partial charge is 0.416 e. The topological polar surface area (TPSA) is 57.6 Å². The lowest BCUT2D eigenvalue weighted by Gasteiger charge is -2.28. The summed E-state index contributed by atoms with van der Waals surface area (Å²) in [6, 6.07) is 10.5. The van der Waals surface area contributed by atoms with Crippen LogP contribution in [0, 0.1) is 0 Å². The van der Waals surface area contributed by atoms with Gasteiger partial charge in [-0.1, -0.05) is 51.1 Å². The molecule has 1 aliphatic heterocycles. The third-order valence-electron chi connectivity index (χ3n) is 5.02. The fraction of sp³-hybridized carbons (Fsp3) is 0.364. The fourth-order valence-corrected chi connectivity index (χ4v) is 4.75. The summed E-state index contributed by atoms with van der Waals surface area (Å²) in [5.41, 5.74) is 0.614. The van der Waals surface area contributed by atoms with Gasteiger partial charge in [0.05, 0.1) is 5.56 Å². The number of aliphatic carboxylic acids is 1. The van der Waals surface area contributed by atoms with E-state index in [0.717, 1.165) is 29.3 Å². The molecule has 1 heterocycles. The molecule has 0 bridgehead atoms. The lowest BCUT2D eigenvalue weighted by Crippen LogP contribution is -2.43. The number of carboxylic acid groups (broad SMARTS) is 1. The lowest BCUT2D eigenvalue weighted by atomic mass is 9.86. The molecule has 1 fully saturated rings. The van der Waals surface area contributed by atoms with Crippen LogP contribution in [0.3, 0.4) is 0 Å². The largest absolute Gasteiger partial charge is 0.480 e. The Morgan fingerprint density at radius 3 is 2.20 bits per heavy atom. The van der Waals surface area contributed by atoms with E-state index >= 15 is 0 Å². The molecule has 3 rings (SSSR count). The Kier molecular flexibility index (Phi) is 5.91. The van der Waals surface area contributed by atoms with Crippen LogP contribution in [-0.4, -0.2) is 33.7 Å². The second-order valence-corrected chi connectivity index (χ2v) is 9.32. The highest BCUT2D eigenvalue weighted by Gasteiger charge is 2.43. The summed E-state index contributed by atoms with van der Waals surface area (Å²) in [7, 11) is 0. The monoisotopic (exact) mass is 437 g/mol. The van der Waals surface area contributed by atoms with Gasteiger partial charge < -0.3 is 10.0 Å². The van der Waals surface area contributed by atoms with Gasteiger partial charge in [-0.15, -0.1) is 11.8 Å². The van der Waals surface area contributed by atoms with E-state index in [2.05, 4.69) is 20.8 Å². The molecule has 0 aliphatic carbocycles. The van der Waals surface area contributed by atoms with E-state index in [1.165, 1.54) is 22.7 Å². The first-order valence-electron chi connectivity index (χ1n) is 9.34. The van der Waals surface area contributed by atoms with Gasteiger partial charge in [0.25, 0.3) is 5.91 Å². The van der Waals surface area contributed by atoms with Crippen molar-refractivity contribution in [2.24, 2.45) is 0 Å². The quantitative estimate of drug-likeness (QED) is 0.704. The summed E-state index contributed by atoms with van der Waals surface area (Å²) in [6.45, 7) is 6.20. The lowest BCUT2D eigenvalue weighted by molar-refractivity contribution is -0.141. The summed E-state index contributed by atoms with van der Waals surface area (Å²) in [6.07, 6.45) is -4.59. The highest BCUT2D eigenvalue weighted by atomic mass is 32.2. The van der Waals surface area contributed by atoms with E-state index in [1.54, 1.807) is 0 Å². The van der Waals surface area contributed by atoms with Crippen molar-refractivity contribution in [1.29, 1.82) is 0 Å². The Balaban J connectivity index is 1.98. The van der Waals surface area contributed by atoms with Crippen LogP contribution in [0.25, 0.3) is 0 Å². The molecule has 0 saturated carbocycles. The molecule has 1 N–H and O–H groups in total. The molecule has 0 aromatic heterocycles.